The zero-order valence-corrected chi connectivity index (χ0v) is 13.4. The standard InChI is InChI=1S/C19H20N4O/c20-16-11-15-8-4-5-9-17(15)23(12-16)13-19-21-18(22-24-19)10-14-6-2-1-3-7-14/h1-9,16H,10-13,20H2. The van der Waals surface area contributed by atoms with E-state index in [2.05, 4.69) is 51.4 Å². The third-order valence-corrected chi connectivity index (χ3v) is 4.31. The minimum Gasteiger partial charge on any atom is -0.360 e. The number of nitrogens with zero attached hydrogens (tertiary/aromatic N) is 3. The van der Waals surface area contributed by atoms with E-state index in [1.807, 2.05) is 18.2 Å². The molecule has 0 saturated carbocycles. The van der Waals surface area contributed by atoms with Crippen molar-refractivity contribution in [3.63, 3.8) is 0 Å². The summed E-state index contributed by atoms with van der Waals surface area (Å²) in [7, 11) is 0. The predicted molar refractivity (Wildman–Crippen MR) is 92.7 cm³/mol. The maximum atomic E-state index is 6.19. The Labute approximate surface area is 141 Å². The second-order valence-electron chi connectivity index (χ2n) is 6.24. The van der Waals surface area contributed by atoms with Crippen molar-refractivity contribution >= 4 is 5.69 Å². The molecule has 2 aromatic carbocycles. The van der Waals surface area contributed by atoms with Crippen LogP contribution in [0, 0.1) is 0 Å². The number of anilines is 1. The number of rotatable bonds is 4. The first-order valence-corrected chi connectivity index (χ1v) is 8.22. The van der Waals surface area contributed by atoms with Gasteiger partial charge in [0.1, 0.15) is 0 Å². The van der Waals surface area contributed by atoms with Gasteiger partial charge < -0.3 is 15.2 Å². The van der Waals surface area contributed by atoms with Crippen LogP contribution in [0.25, 0.3) is 0 Å². The van der Waals surface area contributed by atoms with E-state index in [9.17, 15) is 0 Å². The minimum atomic E-state index is 0.131. The molecule has 0 spiro atoms. The van der Waals surface area contributed by atoms with Crippen molar-refractivity contribution in [2.24, 2.45) is 5.73 Å². The highest BCUT2D eigenvalue weighted by Crippen LogP contribution is 2.27. The molecule has 1 aliphatic rings. The average molecular weight is 320 g/mol. The van der Waals surface area contributed by atoms with Gasteiger partial charge in [-0.05, 0) is 23.6 Å². The molecular formula is C19H20N4O. The minimum absolute atomic E-state index is 0.131. The van der Waals surface area contributed by atoms with Gasteiger partial charge in [0.15, 0.2) is 5.82 Å². The molecule has 5 nitrogen and oxygen atoms in total. The highest BCUT2D eigenvalue weighted by Gasteiger charge is 2.23. The molecule has 2 heterocycles. The Morgan fingerprint density at radius 1 is 1.08 bits per heavy atom. The summed E-state index contributed by atoms with van der Waals surface area (Å²) in [4.78, 5) is 6.76. The van der Waals surface area contributed by atoms with E-state index in [0.29, 0.717) is 24.7 Å². The van der Waals surface area contributed by atoms with E-state index < -0.39 is 0 Å². The number of fused-ring (bicyclic) bond motifs is 1. The summed E-state index contributed by atoms with van der Waals surface area (Å²) in [5.74, 6) is 1.34. The molecule has 0 aliphatic carbocycles. The zero-order valence-electron chi connectivity index (χ0n) is 13.4. The van der Waals surface area contributed by atoms with Crippen molar-refractivity contribution in [2.75, 3.05) is 11.4 Å². The van der Waals surface area contributed by atoms with Gasteiger partial charge in [-0.2, -0.15) is 4.98 Å². The van der Waals surface area contributed by atoms with Crippen LogP contribution < -0.4 is 10.6 Å². The number of nitrogens with two attached hydrogens (primary N) is 1. The lowest BCUT2D eigenvalue weighted by Gasteiger charge is -2.33. The second-order valence-corrected chi connectivity index (χ2v) is 6.24. The second kappa shape index (κ2) is 6.45. The highest BCUT2D eigenvalue weighted by molar-refractivity contribution is 5.56. The van der Waals surface area contributed by atoms with Gasteiger partial charge in [0.2, 0.25) is 5.89 Å². The van der Waals surface area contributed by atoms with Crippen molar-refractivity contribution < 1.29 is 4.52 Å². The first-order chi connectivity index (χ1) is 11.8. The highest BCUT2D eigenvalue weighted by atomic mass is 16.5. The lowest BCUT2D eigenvalue weighted by molar-refractivity contribution is 0.369. The van der Waals surface area contributed by atoms with Crippen LogP contribution >= 0.6 is 0 Å². The molecule has 2 N–H and O–H groups in total. The number of hydrogen-bond donors (Lipinski definition) is 1. The van der Waals surface area contributed by atoms with Gasteiger partial charge in [-0.15, -0.1) is 0 Å². The Balaban J connectivity index is 1.50. The first kappa shape index (κ1) is 14.9. The summed E-state index contributed by atoms with van der Waals surface area (Å²) >= 11 is 0. The van der Waals surface area contributed by atoms with Crippen LogP contribution in [0.15, 0.2) is 59.1 Å². The SMILES string of the molecule is NC1Cc2ccccc2N(Cc2nc(Cc3ccccc3)no2)C1. The Morgan fingerprint density at radius 2 is 1.88 bits per heavy atom. The van der Waals surface area contributed by atoms with Crippen molar-refractivity contribution in [1.82, 2.24) is 10.1 Å². The smallest absolute Gasteiger partial charge is 0.246 e. The molecule has 0 amide bonds. The van der Waals surface area contributed by atoms with Crippen LogP contribution in [0.1, 0.15) is 22.8 Å². The average Bonchev–Trinajstić information content (AvgIpc) is 3.02. The van der Waals surface area contributed by atoms with E-state index in [1.54, 1.807) is 0 Å². The summed E-state index contributed by atoms with van der Waals surface area (Å²) in [5, 5.41) is 4.11. The van der Waals surface area contributed by atoms with Crippen LogP contribution in [0.2, 0.25) is 0 Å². The molecular weight excluding hydrogens is 300 g/mol. The van der Waals surface area contributed by atoms with Crippen LogP contribution in [-0.2, 0) is 19.4 Å². The van der Waals surface area contributed by atoms with Gasteiger partial charge in [0.05, 0.1) is 6.54 Å². The lowest BCUT2D eigenvalue weighted by Crippen LogP contribution is -2.42. The topological polar surface area (TPSA) is 68.2 Å². The number of hydrogen-bond acceptors (Lipinski definition) is 5. The number of benzene rings is 2. The van der Waals surface area contributed by atoms with Crippen molar-refractivity contribution in [3.05, 3.63) is 77.4 Å². The molecule has 122 valence electrons. The fourth-order valence-corrected chi connectivity index (χ4v) is 3.24. The Kier molecular flexibility index (Phi) is 4.01. The van der Waals surface area contributed by atoms with Crippen molar-refractivity contribution in [2.45, 2.75) is 25.4 Å². The van der Waals surface area contributed by atoms with Crippen LogP contribution in [0.4, 0.5) is 5.69 Å². The van der Waals surface area contributed by atoms with Crippen LogP contribution in [0.5, 0.6) is 0 Å². The normalized spacial score (nSPS) is 16.9. The molecule has 24 heavy (non-hydrogen) atoms. The Morgan fingerprint density at radius 3 is 2.75 bits per heavy atom. The third-order valence-electron chi connectivity index (χ3n) is 4.31. The molecule has 3 aromatic rings. The van der Waals surface area contributed by atoms with Gasteiger partial charge in [-0.1, -0.05) is 53.7 Å². The Bertz CT molecular complexity index is 815. The summed E-state index contributed by atoms with van der Waals surface area (Å²) < 4.78 is 5.45. The maximum Gasteiger partial charge on any atom is 0.246 e. The number of aromatic nitrogens is 2. The molecule has 1 aromatic heterocycles. The predicted octanol–water partition coefficient (Wildman–Crippen LogP) is 2.55. The number of para-hydroxylation sites is 1. The van der Waals surface area contributed by atoms with E-state index >= 15 is 0 Å². The quantitative estimate of drug-likeness (QED) is 0.800. The third kappa shape index (κ3) is 3.16. The van der Waals surface area contributed by atoms with E-state index in [4.69, 9.17) is 10.3 Å². The summed E-state index contributed by atoms with van der Waals surface area (Å²) in [6.45, 7) is 1.39. The maximum absolute atomic E-state index is 6.19. The fourth-order valence-electron chi connectivity index (χ4n) is 3.24. The summed E-state index contributed by atoms with van der Waals surface area (Å²) in [6.07, 6.45) is 1.59. The van der Waals surface area contributed by atoms with Gasteiger partial charge in [-0.25, -0.2) is 0 Å². The van der Waals surface area contributed by atoms with Crippen LogP contribution in [0.3, 0.4) is 0 Å². The van der Waals surface area contributed by atoms with E-state index in [-0.39, 0.29) is 6.04 Å². The molecule has 0 radical (unpaired) electrons. The van der Waals surface area contributed by atoms with Crippen molar-refractivity contribution in [1.29, 1.82) is 0 Å². The molecule has 4 rings (SSSR count). The lowest BCUT2D eigenvalue weighted by atomic mass is 9.98. The first-order valence-electron chi connectivity index (χ1n) is 8.22. The molecule has 0 fully saturated rings. The monoisotopic (exact) mass is 320 g/mol. The summed E-state index contributed by atoms with van der Waals surface area (Å²) in [6, 6.07) is 18.7. The fraction of sp³-hybridized carbons (Fsp3) is 0.263. The molecule has 0 saturated heterocycles. The van der Waals surface area contributed by atoms with Crippen LogP contribution in [-0.4, -0.2) is 22.7 Å². The molecule has 0 bridgehead atoms. The van der Waals surface area contributed by atoms with E-state index in [0.717, 1.165) is 13.0 Å². The van der Waals surface area contributed by atoms with E-state index in [1.165, 1.54) is 16.8 Å². The van der Waals surface area contributed by atoms with Gasteiger partial charge in [-0.3, -0.25) is 0 Å². The molecule has 5 heteroatoms. The van der Waals surface area contributed by atoms with Crippen molar-refractivity contribution in [3.8, 4) is 0 Å². The molecule has 1 aliphatic heterocycles. The molecule has 1 atom stereocenters. The van der Waals surface area contributed by atoms with Gasteiger partial charge >= 0.3 is 0 Å². The largest absolute Gasteiger partial charge is 0.360 e. The van der Waals surface area contributed by atoms with Gasteiger partial charge in [0, 0.05) is 24.7 Å². The summed E-state index contributed by atoms with van der Waals surface area (Å²) in [5.41, 5.74) is 9.86. The zero-order chi connectivity index (χ0) is 16.4. The molecule has 1 unspecified atom stereocenters. The van der Waals surface area contributed by atoms with Gasteiger partial charge in [0.25, 0.3) is 0 Å². The Hall–Kier alpha value is -2.66.